The van der Waals surface area contributed by atoms with Crippen LogP contribution < -0.4 is 5.73 Å². The van der Waals surface area contributed by atoms with Gasteiger partial charge in [0.1, 0.15) is 5.82 Å². The molecule has 0 amide bonds. The van der Waals surface area contributed by atoms with Gasteiger partial charge in [0.2, 0.25) is 0 Å². The molecule has 1 unspecified atom stereocenters. The van der Waals surface area contributed by atoms with Crippen molar-refractivity contribution in [1.82, 2.24) is 9.55 Å². The monoisotopic (exact) mass is 279 g/mol. The van der Waals surface area contributed by atoms with Gasteiger partial charge in [0.25, 0.3) is 0 Å². The molecule has 0 aliphatic carbocycles. The molecule has 0 bridgehead atoms. The van der Waals surface area contributed by atoms with Crippen LogP contribution in [-0.2, 0) is 13.0 Å². The Kier molecular flexibility index (Phi) is 4.48. The van der Waals surface area contributed by atoms with Crippen molar-refractivity contribution < 1.29 is 0 Å². The van der Waals surface area contributed by atoms with Gasteiger partial charge in [-0.1, -0.05) is 32.4 Å². The first-order valence-corrected chi connectivity index (χ1v) is 7.31. The van der Waals surface area contributed by atoms with Crippen LogP contribution in [-0.4, -0.2) is 15.6 Å². The quantitative estimate of drug-likeness (QED) is 0.908. The van der Waals surface area contributed by atoms with E-state index in [1.54, 1.807) is 0 Å². The number of imidazole rings is 1. The summed E-state index contributed by atoms with van der Waals surface area (Å²) in [4.78, 5) is 4.72. The van der Waals surface area contributed by atoms with Crippen LogP contribution in [0.1, 0.15) is 33.0 Å². The largest absolute Gasteiger partial charge is 0.328 e. The number of benzene rings is 1. The predicted octanol–water partition coefficient (Wildman–Crippen LogP) is 3.63. The average molecular weight is 280 g/mol. The summed E-state index contributed by atoms with van der Waals surface area (Å²) in [6.45, 7) is 7.42. The second kappa shape index (κ2) is 5.93. The van der Waals surface area contributed by atoms with Crippen LogP contribution in [0.3, 0.4) is 0 Å². The summed E-state index contributed by atoms with van der Waals surface area (Å²) in [5, 5.41) is 0.754. The van der Waals surface area contributed by atoms with Gasteiger partial charge in [-0.25, -0.2) is 4.98 Å². The van der Waals surface area contributed by atoms with Gasteiger partial charge < -0.3 is 10.3 Å². The van der Waals surface area contributed by atoms with E-state index < -0.39 is 0 Å². The highest BCUT2D eigenvalue weighted by Crippen LogP contribution is 2.22. The number of rotatable bonds is 5. The lowest BCUT2D eigenvalue weighted by Gasteiger charge is -2.16. The van der Waals surface area contributed by atoms with Gasteiger partial charge in [-0.2, -0.15) is 0 Å². The van der Waals surface area contributed by atoms with Crippen LogP contribution in [0, 0.1) is 5.92 Å². The highest BCUT2D eigenvalue weighted by Gasteiger charge is 2.15. The number of fused-ring (bicyclic) bond motifs is 1. The molecule has 3 nitrogen and oxygen atoms in total. The number of halogens is 1. The first-order chi connectivity index (χ1) is 9.02. The Hall–Kier alpha value is -1.06. The summed E-state index contributed by atoms with van der Waals surface area (Å²) < 4.78 is 2.25. The molecule has 1 aromatic carbocycles. The maximum Gasteiger partial charge on any atom is 0.111 e. The number of hydrogen-bond acceptors (Lipinski definition) is 2. The van der Waals surface area contributed by atoms with Crippen molar-refractivity contribution in [2.75, 3.05) is 0 Å². The second-order valence-corrected chi connectivity index (χ2v) is 5.86. The second-order valence-electron chi connectivity index (χ2n) is 5.42. The van der Waals surface area contributed by atoms with Crippen LogP contribution in [0.25, 0.3) is 11.0 Å². The molecule has 0 aliphatic heterocycles. The lowest BCUT2D eigenvalue weighted by Crippen LogP contribution is -2.30. The lowest BCUT2D eigenvalue weighted by molar-refractivity contribution is 0.472. The van der Waals surface area contributed by atoms with Crippen LogP contribution in [0.4, 0.5) is 0 Å². The van der Waals surface area contributed by atoms with Gasteiger partial charge in [0.15, 0.2) is 0 Å². The van der Waals surface area contributed by atoms with Gasteiger partial charge in [-0.15, -0.1) is 0 Å². The Labute approximate surface area is 119 Å². The third-order valence-corrected chi connectivity index (χ3v) is 3.75. The number of hydrogen-bond donors (Lipinski definition) is 1. The molecule has 0 saturated heterocycles. The first kappa shape index (κ1) is 14.4. The Bertz CT molecular complexity index is 560. The molecule has 104 valence electrons. The highest BCUT2D eigenvalue weighted by atomic mass is 35.5. The third-order valence-electron chi connectivity index (χ3n) is 3.51. The van der Waals surface area contributed by atoms with Crippen molar-refractivity contribution >= 4 is 22.6 Å². The molecule has 2 N–H and O–H groups in total. The van der Waals surface area contributed by atoms with E-state index >= 15 is 0 Å². The summed E-state index contributed by atoms with van der Waals surface area (Å²) in [7, 11) is 0. The topological polar surface area (TPSA) is 43.8 Å². The molecule has 0 spiro atoms. The Morgan fingerprint density at radius 3 is 2.74 bits per heavy atom. The molecule has 2 rings (SSSR count). The van der Waals surface area contributed by atoms with Gasteiger partial charge in [0.05, 0.1) is 11.0 Å². The molecule has 0 fully saturated rings. The van der Waals surface area contributed by atoms with Gasteiger partial charge in [-0.05, 0) is 30.5 Å². The Morgan fingerprint density at radius 2 is 2.11 bits per heavy atom. The normalized spacial score (nSPS) is 13.4. The standard InChI is InChI=1S/C15H22ClN3/c1-4-7-19-14-8-11(16)5-6-13(14)18-15(19)9-12(17)10(2)3/h5-6,8,10,12H,4,7,9,17H2,1-3H3. The Morgan fingerprint density at radius 1 is 1.37 bits per heavy atom. The molecule has 0 aliphatic rings. The number of nitrogens with zero attached hydrogens (tertiary/aromatic N) is 2. The number of aryl methyl sites for hydroxylation is 1. The molecule has 0 saturated carbocycles. The van der Waals surface area contributed by atoms with Gasteiger partial charge >= 0.3 is 0 Å². The molecular formula is C15H22ClN3. The fourth-order valence-corrected chi connectivity index (χ4v) is 2.39. The van der Waals surface area contributed by atoms with Crippen LogP contribution in [0.5, 0.6) is 0 Å². The predicted molar refractivity (Wildman–Crippen MR) is 81.6 cm³/mol. The van der Waals surface area contributed by atoms with E-state index in [1.165, 1.54) is 0 Å². The minimum atomic E-state index is 0.142. The fraction of sp³-hybridized carbons (Fsp3) is 0.533. The number of nitrogens with two attached hydrogens (primary N) is 1. The first-order valence-electron chi connectivity index (χ1n) is 6.93. The zero-order chi connectivity index (χ0) is 14.0. The van der Waals surface area contributed by atoms with E-state index in [1.807, 2.05) is 18.2 Å². The van der Waals surface area contributed by atoms with Crippen LogP contribution in [0.2, 0.25) is 5.02 Å². The van der Waals surface area contributed by atoms with E-state index in [9.17, 15) is 0 Å². The molecule has 2 aromatic rings. The van der Waals surface area contributed by atoms with Crippen molar-refractivity contribution in [3.63, 3.8) is 0 Å². The minimum absolute atomic E-state index is 0.142. The zero-order valence-electron chi connectivity index (χ0n) is 11.9. The molecular weight excluding hydrogens is 258 g/mol. The van der Waals surface area contributed by atoms with Crippen molar-refractivity contribution in [2.24, 2.45) is 11.7 Å². The molecule has 0 radical (unpaired) electrons. The Balaban J connectivity index is 2.44. The number of aromatic nitrogens is 2. The summed E-state index contributed by atoms with van der Waals surface area (Å²) >= 11 is 6.09. The molecule has 1 heterocycles. The molecule has 19 heavy (non-hydrogen) atoms. The van der Waals surface area contributed by atoms with E-state index in [0.29, 0.717) is 5.92 Å². The fourth-order valence-electron chi connectivity index (χ4n) is 2.22. The maximum absolute atomic E-state index is 6.19. The molecule has 1 aromatic heterocycles. The average Bonchev–Trinajstić information content (AvgIpc) is 2.68. The van der Waals surface area contributed by atoms with Crippen LogP contribution in [0.15, 0.2) is 18.2 Å². The van der Waals surface area contributed by atoms with E-state index in [4.69, 9.17) is 22.3 Å². The smallest absolute Gasteiger partial charge is 0.111 e. The van der Waals surface area contributed by atoms with E-state index in [2.05, 4.69) is 25.3 Å². The lowest BCUT2D eigenvalue weighted by atomic mass is 10.0. The highest BCUT2D eigenvalue weighted by molar-refractivity contribution is 6.31. The molecule has 1 atom stereocenters. The summed E-state index contributed by atoms with van der Waals surface area (Å²) in [6.07, 6.45) is 1.88. The van der Waals surface area contributed by atoms with E-state index in [-0.39, 0.29) is 6.04 Å². The van der Waals surface area contributed by atoms with E-state index in [0.717, 1.165) is 41.3 Å². The maximum atomic E-state index is 6.19. The van der Waals surface area contributed by atoms with Crippen molar-refractivity contribution in [3.8, 4) is 0 Å². The van der Waals surface area contributed by atoms with Crippen molar-refractivity contribution in [3.05, 3.63) is 29.0 Å². The summed E-state index contributed by atoms with van der Waals surface area (Å²) in [5.41, 5.74) is 8.30. The molecule has 4 heteroatoms. The summed E-state index contributed by atoms with van der Waals surface area (Å²) in [6, 6.07) is 6.00. The van der Waals surface area contributed by atoms with Crippen molar-refractivity contribution in [2.45, 2.75) is 46.2 Å². The van der Waals surface area contributed by atoms with Gasteiger partial charge in [0, 0.05) is 24.0 Å². The van der Waals surface area contributed by atoms with Gasteiger partial charge in [-0.3, -0.25) is 0 Å². The zero-order valence-corrected chi connectivity index (χ0v) is 12.6. The van der Waals surface area contributed by atoms with Crippen molar-refractivity contribution in [1.29, 1.82) is 0 Å². The van der Waals surface area contributed by atoms with Crippen LogP contribution >= 0.6 is 11.6 Å². The SMILES string of the molecule is CCCn1c(CC(N)C(C)C)nc2ccc(Cl)cc21. The minimum Gasteiger partial charge on any atom is -0.328 e. The third kappa shape index (κ3) is 3.10. The summed E-state index contributed by atoms with van der Waals surface area (Å²) in [5.74, 6) is 1.53.